The monoisotopic (exact) mass is 312 g/mol. The van der Waals surface area contributed by atoms with E-state index in [1.165, 1.54) is 0 Å². The first kappa shape index (κ1) is 14.4. The van der Waals surface area contributed by atoms with Crippen LogP contribution in [0.4, 0.5) is 0 Å². The fourth-order valence-electron chi connectivity index (χ4n) is 1.89. The van der Waals surface area contributed by atoms with E-state index >= 15 is 0 Å². The van der Waals surface area contributed by atoms with Crippen molar-refractivity contribution in [2.45, 2.75) is 0 Å². The second-order valence-corrected chi connectivity index (χ2v) is 5.00. The Bertz CT molecular complexity index is 777. The molecule has 0 radical (unpaired) electrons. The van der Waals surface area contributed by atoms with Crippen molar-refractivity contribution in [1.82, 2.24) is 10.2 Å². The molecule has 110 valence electrons. The number of halogens is 1. The van der Waals surface area contributed by atoms with E-state index in [9.17, 15) is 0 Å². The lowest BCUT2D eigenvalue weighted by Crippen LogP contribution is -1.81. The molecule has 0 atom stereocenters. The molecule has 0 saturated heterocycles. The summed E-state index contributed by atoms with van der Waals surface area (Å²) in [6, 6.07) is 14.9. The van der Waals surface area contributed by atoms with Gasteiger partial charge in [-0.25, -0.2) is 0 Å². The van der Waals surface area contributed by atoms with Gasteiger partial charge in [-0.1, -0.05) is 23.7 Å². The third-order valence-corrected chi connectivity index (χ3v) is 3.32. The second kappa shape index (κ2) is 6.45. The summed E-state index contributed by atoms with van der Waals surface area (Å²) >= 11 is 5.86. The lowest BCUT2D eigenvalue weighted by Gasteiger charge is -1.98. The predicted octanol–water partition coefficient (Wildman–Crippen LogP) is 4.57. The van der Waals surface area contributed by atoms with E-state index in [0.29, 0.717) is 16.8 Å². The summed E-state index contributed by atoms with van der Waals surface area (Å²) in [4.78, 5) is 0. The highest BCUT2D eigenvalue weighted by molar-refractivity contribution is 6.30. The molecule has 5 heteroatoms. The molecule has 2 aromatic carbocycles. The zero-order valence-corrected chi connectivity index (χ0v) is 12.6. The Labute approximate surface area is 133 Å². The molecule has 3 aromatic rings. The number of nitrogens with zero attached hydrogens (tertiary/aromatic N) is 2. The van der Waals surface area contributed by atoms with Crippen molar-refractivity contribution in [1.29, 1.82) is 0 Å². The first-order valence-electron chi connectivity index (χ1n) is 6.66. The van der Waals surface area contributed by atoms with Crippen molar-refractivity contribution in [3.05, 3.63) is 65.0 Å². The molecular formula is C17H13ClN2O2. The SMILES string of the molecule is COc1ccc(/C=C/c2nnc(-c3ccc(Cl)cc3)o2)cc1. The number of benzene rings is 2. The molecule has 0 aliphatic carbocycles. The minimum absolute atomic E-state index is 0.445. The van der Waals surface area contributed by atoms with Crippen LogP contribution in [0.3, 0.4) is 0 Å². The summed E-state index contributed by atoms with van der Waals surface area (Å²) < 4.78 is 10.7. The van der Waals surface area contributed by atoms with E-state index in [4.69, 9.17) is 20.8 Å². The molecule has 1 heterocycles. The van der Waals surface area contributed by atoms with Gasteiger partial charge in [-0.05, 0) is 48.0 Å². The number of rotatable bonds is 4. The molecule has 0 spiro atoms. The fraction of sp³-hybridized carbons (Fsp3) is 0.0588. The first-order valence-corrected chi connectivity index (χ1v) is 7.04. The Kier molecular flexibility index (Phi) is 4.21. The summed E-state index contributed by atoms with van der Waals surface area (Å²) in [7, 11) is 1.64. The number of hydrogen-bond acceptors (Lipinski definition) is 4. The van der Waals surface area contributed by atoms with Crippen LogP contribution in [0.1, 0.15) is 11.5 Å². The molecule has 1 aromatic heterocycles. The van der Waals surface area contributed by atoms with Gasteiger partial charge in [0.25, 0.3) is 0 Å². The third-order valence-electron chi connectivity index (χ3n) is 3.07. The zero-order chi connectivity index (χ0) is 15.4. The van der Waals surface area contributed by atoms with E-state index in [0.717, 1.165) is 16.9 Å². The van der Waals surface area contributed by atoms with Crippen molar-refractivity contribution in [3.8, 4) is 17.2 Å². The molecule has 0 fully saturated rings. The molecule has 0 aliphatic rings. The van der Waals surface area contributed by atoms with Crippen LogP contribution in [-0.2, 0) is 0 Å². The standard InChI is InChI=1S/C17H13ClN2O2/c1-21-15-9-2-12(3-10-15)4-11-16-19-20-17(22-16)13-5-7-14(18)8-6-13/h2-11H,1H3/b11-4+. The summed E-state index contributed by atoms with van der Waals surface area (Å²) in [6.07, 6.45) is 3.67. The molecule has 0 aliphatic heterocycles. The lowest BCUT2D eigenvalue weighted by molar-refractivity contribution is 0.415. The summed E-state index contributed by atoms with van der Waals surface area (Å²) in [5.74, 6) is 1.73. The van der Waals surface area contributed by atoms with Crippen molar-refractivity contribution in [2.24, 2.45) is 0 Å². The second-order valence-electron chi connectivity index (χ2n) is 4.56. The van der Waals surface area contributed by atoms with Gasteiger partial charge in [0.15, 0.2) is 0 Å². The molecule has 0 N–H and O–H groups in total. The highest BCUT2D eigenvalue weighted by atomic mass is 35.5. The Morgan fingerprint density at radius 1 is 0.955 bits per heavy atom. The van der Waals surface area contributed by atoms with Crippen LogP contribution >= 0.6 is 11.6 Å². The van der Waals surface area contributed by atoms with Crippen LogP contribution in [0.2, 0.25) is 5.02 Å². The highest BCUT2D eigenvalue weighted by Gasteiger charge is 2.06. The summed E-state index contributed by atoms with van der Waals surface area (Å²) in [6.45, 7) is 0. The Morgan fingerprint density at radius 3 is 2.36 bits per heavy atom. The highest BCUT2D eigenvalue weighted by Crippen LogP contribution is 2.21. The maximum Gasteiger partial charge on any atom is 0.248 e. The van der Waals surface area contributed by atoms with Gasteiger partial charge in [-0.3, -0.25) is 0 Å². The maximum atomic E-state index is 5.86. The Hall–Kier alpha value is -2.59. The smallest absolute Gasteiger partial charge is 0.248 e. The third kappa shape index (κ3) is 3.35. The van der Waals surface area contributed by atoms with Crippen molar-refractivity contribution < 1.29 is 9.15 Å². The lowest BCUT2D eigenvalue weighted by atomic mass is 10.2. The van der Waals surface area contributed by atoms with Gasteiger partial charge in [-0.15, -0.1) is 10.2 Å². The zero-order valence-electron chi connectivity index (χ0n) is 11.9. The van der Waals surface area contributed by atoms with Crippen LogP contribution in [0.15, 0.2) is 52.9 Å². The van der Waals surface area contributed by atoms with E-state index in [1.807, 2.05) is 42.5 Å². The van der Waals surface area contributed by atoms with Crippen LogP contribution in [-0.4, -0.2) is 17.3 Å². The minimum Gasteiger partial charge on any atom is -0.497 e. The number of hydrogen-bond donors (Lipinski definition) is 0. The summed E-state index contributed by atoms with van der Waals surface area (Å²) in [5.41, 5.74) is 1.85. The van der Waals surface area contributed by atoms with Gasteiger partial charge in [0, 0.05) is 16.7 Å². The molecule has 0 saturated carbocycles. The number of aromatic nitrogens is 2. The summed E-state index contributed by atoms with van der Waals surface area (Å²) in [5, 5.41) is 8.70. The van der Waals surface area contributed by atoms with Gasteiger partial charge >= 0.3 is 0 Å². The molecule has 0 amide bonds. The average Bonchev–Trinajstić information content (AvgIpc) is 3.03. The number of ether oxygens (including phenoxy) is 1. The molecule has 22 heavy (non-hydrogen) atoms. The van der Waals surface area contributed by atoms with Crippen molar-refractivity contribution in [2.75, 3.05) is 7.11 Å². The quantitative estimate of drug-likeness (QED) is 0.708. The molecule has 0 unspecified atom stereocenters. The largest absolute Gasteiger partial charge is 0.497 e. The normalized spacial score (nSPS) is 11.0. The van der Waals surface area contributed by atoms with E-state index in [1.54, 1.807) is 25.3 Å². The van der Waals surface area contributed by atoms with Gasteiger partial charge < -0.3 is 9.15 Å². The van der Waals surface area contributed by atoms with Crippen LogP contribution in [0, 0.1) is 0 Å². The molecule has 0 bridgehead atoms. The van der Waals surface area contributed by atoms with Gasteiger partial charge in [0.2, 0.25) is 11.8 Å². The van der Waals surface area contributed by atoms with Crippen molar-refractivity contribution >= 4 is 23.8 Å². The van der Waals surface area contributed by atoms with Crippen LogP contribution in [0.25, 0.3) is 23.6 Å². The van der Waals surface area contributed by atoms with E-state index < -0.39 is 0 Å². The molecule has 4 nitrogen and oxygen atoms in total. The topological polar surface area (TPSA) is 48.2 Å². The first-order chi connectivity index (χ1) is 10.7. The van der Waals surface area contributed by atoms with Gasteiger partial charge in [-0.2, -0.15) is 0 Å². The molecular weight excluding hydrogens is 300 g/mol. The van der Waals surface area contributed by atoms with E-state index in [-0.39, 0.29) is 0 Å². The number of methoxy groups -OCH3 is 1. The molecule has 3 rings (SSSR count). The Balaban J connectivity index is 1.75. The minimum atomic E-state index is 0.445. The predicted molar refractivity (Wildman–Crippen MR) is 86.7 cm³/mol. The van der Waals surface area contributed by atoms with Crippen LogP contribution in [0.5, 0.6) is 5.75 Å². The maximum absolute atomic E-state index is 5.86. The average molecular weight is 313 g/mol. The van der Waals surface area contributed by atoms with Crippen molar-refractivity contribution in [3.63, 3.8) is 0 Å². The van der Waals surface area contributed by atoms with Gasteiger partial charge in [0.1, 0.15) is 5.75 Å². The van der Waals surface area contributed by atoms with Crippen LogP contribution < -0.4 is 4.74 Å². The van der Waals surface area contributed by atoms with Gasteiger partial charge in [0.05, 0.1) is 7.11 Å². The van der Waals surface area contributed by atoms with E-state index in [2.05, 4.69) is 10.2 Å². The Morgan fingerprint density at radius 2 is 1.68 bits per heavy atom. The fourth-order valence-corrected chi connectivity index (χ4v) is 2.02.